The van der Waals surface area contributed by atoms with Crippen LogP contribution in [-0.4, -0.2) is 24.9 Å². The second-order valence-electron chi connectivity index (χ2n) is 4.63. The van der Waals surface area contributed by atoms with Gasteiger partial charge in [-0.15, -0.1) is 0 Å². The van der Waals surface area contributed by atoms with Crippen molar-refractivity contribution in [2.45, 2.75) is 0 Å². The van der Waals surface area contributed by atoms with Crippen LogP contribution in [0.3, 0.4) is 0 Å². The molecule has 0 radical (unpaired) electrons. The van der Waals surface area contributed by atoms with Crippen molar-refractivity contribution in [2.24, 2.45) is 4.99 Å². The summed E-state index contributed by atoms with van der Waals surface area (Å²) < 4.78 is 13.7. The van der Waals surface area contributed by atoms with Crippen LogP contribution in [0.5, 0.6) is 0 Å². The number of nitro groups is 1. The van der Waals surface area contributed by atoms with Gasteiger partial charge in [0.15, 0.2) is 0 Å². The van der Waals surface area contributed by atoms with Crippen molar-refractivity contribution in [1.29, 1.82) is 0 Å². The summed E-state index contributed by atoms with van der Waals surface area (Å²) in [6, 6.07) is 11.6. The summed E-state index contributed by atoms with van der Waals surface area (Å²) in [5.41, 5.74) is -0.429. The number of nitrogens with zero attached hydrogens (tertiary/aromatic N) is 5. The first-order chi connectivity index (χ1) is 11.5. The van der Waals surface area contributed by atoms with Crippen LogP contribution in [0.4, 0.5) is 15.9 Å². The van der Waals surface area contributed by atoms with Crippen molar-refractivity contribution in [3.8, 4) is 5.69 Å². The first-order valence-corrected chi connectivity index (χ1v) is 6.96. The molecule has 0 spiro atoms. The van der Waals surface area contributed by atoms with E-state index in [1.807, 2.05) is 0 Å². The predicted molar refractivity (Wildman–Crippen MR) is 82.0 cm³/mol. The molecule has 0 saturated heterocycles. The molecule has 0 fully saturated rings. The summed E-state index contributed by atoms with van der Waals surface area (Å²) in [5.74, 6) is -1.43. The molecule has 24 heavy (non-hydrogen) atoms. The van der Waals surface area contributed by atoms with Crippen molar-refractivity contribution < 1.29 is 14.5 Å². The van der Waals surface area contributed by atoms with Crippen molar-refractivity contribution in [1.82, 2.24) is 14.7 Å². The lowest BCUT2D eigenvalue weighted by Crippen LogP contribution is -2.22. The molecule has 122 valence electrons. The third-order valence-electron chi connectivity index (χ3n) is 3.05. The molecule has 1 heterocycles. The third-order valence-corrected chi connectivity index (χ3v) is 3.28. The molecule has 0 unspecified atom stereocenters. The van der Waals surface area contributed by atoms with Crippen LogP contribution in [0.2, 0.25) is 5.02 Å². The van der Waals surface area contributed by atoms with Crippen molar-refractivity contribution >= 4 is 23.1 Å². The Morgan fingerprint density at radius 1 is 1.25 bits per heavy atom. The Morgan fingerprint density at radius 3 is 2.67 bits per heavy atom. The Hall–Kier alpha value is -3.20. The normalized spacial score (nSPS) is 11.7. The minimum atomic E-state index is -0.826. The lowest BCUT2D eigenvalue weighted by atomic mass is 10.3. The summed E-state index contributed by atoms with van der Waals surface area (Å²) in [6.07, 6.45) is 0. The van der Waals surface area contributed by atoms with Gasteiger partial charge in [0, 0.05) is 5.02 Å². The average Bonchev–Trinajstić information content (AvgIpc) is 2.87. The summed E-state index contributed by atoms with van der Waals surface area (Å²) >= 11 is 5.87. The molecule has 0 bridgehead atoms. The first kappa shape index (κ1) is 15.7. The number of halogens is 2. The van der Waals surface area contributed by atoms with Crippen LogP contribution in [-0.2, 0) is 0 Å². The molecular weight excluding hydrogens is 341 g/mol. The second kappa shape index (κ2) is 6.13. The van der Waals surface area contributed by atoms with Crippen molar-refractivity contribution in [3.05, 3.63) is 75.0 Å². The number of rotatable bonds is 3. The Labute approximate surface area is 138 Å². The van der Waals surface area contributed by atoms with E-state index in [2.05, 4.69) is 10.1 Å². The maximum Gasteiger partial charge on any atom is 0.438 e. The van der Waals surface area contributed by atoms with Gasteiger partial charge in [-0.1, -0.05) is 34.6 Å². The van der Waals surface area contributed by atoms with Gasteiger partial charge in [-0.2, -0.15) is 0 Å². The van der Waals surface area contributed by atoms with Gasteiger partial charge >= 0.3 is 5.82 Å². The van der Waals surface area contributed by atoms with Gasteiger partial charge in [-0.05, 0) is 40.1 Å². The first-order valence-electron chi connectivity index (χ1n) is 6.58. The highest BCUT2D eigenvalue weighted by atomic mass is 35.5. The van der Waals surface area contributed by atoms with Gasteiger partial charge in [0.1, 0.15) is 17.2 Å². The maximum absolute atomic E-state index is 13.7. The molecular formula is C14H9ClFN5O3. The van der Waals surface area contributed by atoms with E-state index in [0.717, 1.165) is 10.9 Å². The summed E-state index contributed by atoms with van der Waals surface area (Å²) in [7, 11) is 0. The molecule has 0 atom stereocenters. The fourth-order valence-electron chi connectivity index (χ4n) is 1.99. The van der Waals surface area contributed by atoms with Gasteiger partial charge in [0.05, 0.1) is 5.10 Å². The summed E-state index contributed by atoms with van der Waals surface area (Å²) in [4.78, 5) is 15.4. The SMILES string of the molecule is O=[N+]([O-])c1nn(-c2cccc(Cl)c2)n(O)c1=Nc1ccccc1F. The minimum Gasteiger partial charge on any atom is -0.409 e. The molecule has 0 aliphatic rings. The summed E-state index contributed by atoms with van der Waals surface area (Å²) in [6.45, 7) is 0. The highest BCUT2D eigenvalue weighted by molar-refractivity contribution is 6.30. The number of hydrogen-bond acceptors (Lipinski definition) is 5. The van der Waals surface area contributed by atoms with E-state index in [4.69, 9.17) is 11.6 Å². The summed E-state index contributed by atoms with van der Waals surface area (Å²) in [5, 5.41) is 25.4. The zero-order valence-electron chi connectivity index (χ0n) is 11.9. The number of aromatic nitrogens is 3. The van der Waals surface area contributed by atoms with E-state index in [-0.39, 0.29) is 11.4 Å². The number of benzene rings is 2. The highest BCUT2D eigenvalue weighted by Crippen LogP contribution is 2.17. The Balaban J connectivity index is 2.27. The lowest BCUT2D eigenvalue weighted by molar-refractivity contribution is -0.391. The Bertz CT molecular complexity index is 998. The zero-order chi connectivity index (χ0) is 17.3. The second-order valence-corrected chi connectivity index (χ2v) is 5.06. The fraction of sp³-hybridized carbons (Fsp3) is 0. The van der Waals surface area contributed by atoms with Gasteiger partial charge in [-0.3, -0.25) is 0 Å². The molecule has 0 aliphatic heterocycles. The van der Waals surface area contributed by atoms with E-state index in [1.54, 1.807) is 12.1 Å². The Kier molecular flexibility index (Phi) is 4.00. The lowest BCUT2D eigenvalue weighted by Gasteiger charge is -2.00. The highest BCUT2D eigenvalue weighted by Gasteiger charge is 2.24. The minimum absolute atomic E-state index is 0.172. The predicted octanol–water partition coefficient (Wildman–Crippen LogP) is 2.84. The number of para-hydroxylation sites is 1. The zero-order valence-corrected chi connectivity index (χ0v) is 12.6. The maximum atomic E-state index is 13.7. The topological polar surface area (TPSA) is 98.5 Å². The standard InChI is InChI=1S/C14H9ClFN5O3/c15-9-4-3-5-10(8-9)19-18-14(21(23)24)13(20(19)22)17-12-7-2-1-6-11(12)16/h1-8,22H. The van der Waals surface area contributed by atoms with Crippen LogP contribution in [0.15, 0.2) is 53.5 Å². The molecule has 0 aliphatic carbocycles. The van der Waals surface area contributed by atoms with Gasteiger partial charge < -0.3 is 15.3 Å². The molecule has 0 saturated carbocycles. The molecule has 10 heteroatoms. The monoisotopic (exact) mass is 349 g/mol. The molecule has 3 aromatic rings. The molecule has 1 aromatic heterocycles. The largest absolute Gasteiger partial charge is 0.438 e. The van der Waals surface area contributed by atoms with E-state index < -0.39 is 22.0 Å². The smallest absolute Gasteiger partial charge is 0.409 e. The van der Waals surface area contributed by atoms with Crippen LogP contribution < -0.4 is 5.49 Å². The molecule has 2 aromatic carbocycles. The van der Waals surface area contributed by atoms with Gasteiger partial charge in [0.25, 0.3) is 5.49 Å². The van der Waals surface area contributed by atoms with E-state index in [0.29, 0.717) is 9.87 Å². The van der Waals surface area contributed by atoms with Gasteiger partial charge in [-0.25, -0.2) is 9.38 Å². The van der Waals surface area contributed by atoms with Crippen LogP contribution >= 0.6 is 11.6 Å². The Morgan fingerprint density at radius 2 is 2.00 bits per heavy atom. The van der Waals surface area contributed by atoms with Crippen LogP contribution in [0.25, 0.3) is 5.69 Å². The van der Waals surface area contributed by atoms with E-state index in [9.17, 15) is 19.7 Å². The fourth-order valence-corrected chi connectivity index (χ4v) is 2.18. The quantitative estimate of drug-likeness (QED) is 0.446. The number of hydrogen-bond donors (Lipinski definition) is 1. The van der Waals surface area contributed by atoms with E-state index >= 15 is 0 Å². The van der Waals surface area contributed by atoms with Crippen molar-refractivity contribution in [2.75, 3.05) is 0 Å². The molecule has 1 N–H and O–H groups in total. The molecule has 0 amide bonds. The van der Waals surface area contributed by atoms with Crippen LogP contribution in [0, 0.1) is 15.9 Å². The van der Waals surface area contributed by atoms with Crippen LogP contribution in [0.1, 0.15) is 0 Å². The van der Waals surface area contributed by atoms with Crippen molar-refractivity contribution in [3.63, 3.8) is 0 Å². The third kappa shape index (κ3) is 2.84. The van der Waals surface area contributed by atoms with Gasteiger partial charge in [0.2, 0.25) is 0 Å². The average molecular weight is 350 g/mol. The molecule has 3 rings (SSSR count). The molecule has 8 nitrogen and oxygen atoms in total. The van der Waals surface area contributed by atoms with E-state index in [1.165, 1.54) is 30.3 Å².